The largest absolute Gasteiger partial charge is 0.493 e. The van der Waals surface area contributed by atoms with Gasteiger partial charge < -0.3 is 9.47 Å². The molecule has 0 heterocycles. The Morgan fingerprint density at radius 1 is 1.12 bits per heavy atom. The minimum atomic E-state index is -3.67. The summed E-state index contributed by atoms with van der Waals surface area (Å²) in [6.07, 6.45) is 3.43. The first-order valence-corrected chi connectivity index (χ1v) is 9.46. The van der Waals surface area contributed by atoms with Crippen LogP contribution < -0.4 is 14.3 Å². The average molecular weight is 362 g/mol. The number of sulfonamides is 1. The van der Waals surface area contributed by atoms with Crippen LogP contribution in [0.1, 0.15) is 25.3 Å². The Balaban J connectivity index is 2.06. The number of methoxy groups -OCH3 is 1. The highest BCUT2D eigenvalue weighted by molar-refractivity contribution is 7.89. The van der Waals surface area contributed by atoms with Crippen LogP contribution in [0.4, 0.5) is 0 Å². The van der Waals surface area contributed by atoms with Gasteiger partial charge in [-0.05, 0) is 42.3 Å². The Morgan fingerprint density at radius 3 is 2.56 bits per heavy atom. The molecule has 0 spiro atoms. The van der Waals surface area contributed by atoms with E-state index >= 15 is 0 Å². The summed E-state index contributed by atoms with van der Waals surface area (Å²) in [5.41, 5.74) is 0.690. The van der Waals surface area contributed by atoms with E-state index in [1.807, 2.05) is 0 Å². The summed E-state index contributed by atoms with van der Waals surface area (Å²) < 4.78 is 35.1. The van der Waals surface area contributed by atoms with Gasteiger partial charge in [-0.2, -0.15) is 13.5 Å². The zero-order valence-electron chi connectivity index (χ0n) is 14.3. The van der Waals surface area contributed by atoms with Gasteiger partial charge in [0.25, 0.3) is 10.0 Å². The molecular formula is C18H22N2O4S. The first kappa shape index (κ1) is 18.8. The third-order valence-corrected chi connectivity index (χ3v) is 4.62. The highest BCUT2D eigenvalue weighted by Gasteiger charge is 2.11. The van der Waals surface area contributed by atoms with Crippen LogP contribution in [0, 0.1) is 0 Å². The molecule has 2 rings (SSSR count). The van der Waals surface area contributed by atoms with E-state index in [0.717, 1.165) is 12.8 Å². The van der Waals surface area contributed by atoms with Crippen LogP contribution in [0.25, 0.3) is 0 Å². The summed E-state index contributed by atoms with van der Waals surface area (Å²) in [5.74, 6) is 1.23. The lowest BCUT2D eigenvalue weighted by molar-refractivity contribution is 0.288. The molecule has 2 aromatic rings. The normalized spacial score (nSPS) is 11.4. The van der Waals surface area contributed by atoms with Crippen molar-refractivity contribution in [2.75, 3.05) is 13.7 Å². The average Bonchev–Trinajstić information content (AvgIpc) is 2.63. The first-order valence-electron chi connectivity index (χ1n) is 7.97. The monoisotopic (exact) mass is 362 g/mol. The van der Waals surface area contributed by atoms with E-state index in [1.165, 1.54) is 18.3 Å². The van der Waals surface area contributed by atoms with Gasteiger partial charge in [0.05, 0.1) is 24.8 Å². The molecule has 2 aromatic carbocycles. The molecule has 0 fully saturated rings. The third kappa shape index (κ3) is 5.49. The molecule has 0 atom stereocenters. The smallest absolute Gasteiger partial charge is 0.276 e. The maximum atomic E-state index is 12.1. The summed E-state index contributed by atoms with van der Waals surface area (Å²) in [7, 11) is -2.12. The number of benzene rings is 2. The van der Waals surface area contributed by atoms with Crippen molar-refractivity contribution < 1.29 is 17.9 Å². The van der Waals surface area contributed by atoms with Crippen molar-refractivity contribution in [1.82, 2.24) is 4.83 Å². The van der Waals surface area contributed by atoms with E-state index < -0.39 is 10.0 Å². The number of nitrogens with zero attached hydrogens (tertiary/aromatic N) is 1. The fourth-order valence-corrected chi connectivity index (χ4v) is 2.85. The van der Waals surface area contributed by atoms with Gasteiger partial charge in [-0.25, -0.2) is 4.83 Å². The molecule has 0 aliphatic rings. The first-order chi connectivity index (χ1) is 12.1. The van der Waals surface area contributed by atoms with E-state index in [-0.39, 0.29) is 4.90 Å². The third-order valence-electron chi connectivity index (χ3n) is 3.38. The molecule has 0 aliphatic carbocycles. The zero-order chi connectivity index (χ0) is 18.1. The molecule has 7 heteroatoms. The van der Waals surface area contributed by atoms with Gasteiger partial charge in [0.15, 0.2) is 11.5 Å². The SMILES string of the molecule is CCCCOc1ccc(/C=N\NS(=O)(=O)c2ccccc2)cc1OC. The fourth-order valence-electron chi connectivity index (χ4n) is 2.03. The quantitative estimate of drug-likeness (QED) is 0.422. The summed E-state index contributed by atoms with van der Waals surface area (Å²) >= 11 is 0. The second kappa shape index (κ2) is 9.08. The van der Waals surface area contributed by atoms with Gasteiger partial charge in [0.1, 0.15) is 0 Å². The van der Waals surface area contributed by atoms with E-state index in [2.05, 4.69) is 16.9 Å². The molecule has 0 saturated heterocycles. The number of hydrogen-bond donors (Lipinski definition) is 1. The van der Waals surface area contributed by atoms with Gasteiger partial charge in [-0.3, -0.25) is 0 Å². The lowest BCUT2D eigenvalue weighted by Gasteiger charge is -2.10. The standard InChI is InChI=1S/C18H22N2O4S/c1-3-4-12-24-17-11-10-15(13-18(17)23-2)14-19-20-25(21,22)16-8-6-5-7-9-16/h5-11,13-14,20H,3-4,12H2,1-2H3/b19-14-. The second-order valence-electron chi connectivity index (χ2n) is 5.28. The van der Waals surface area contributed by atoms with Crippen molar-refractivity contribution in [1.29, 1.82) is 0 Å². The predicted molar refractivity (Wildman–Crippen MR) is 97.8 cm³/mol. The van der Waals surface area contributed by atoms with Gasteiger partial charge in [-0.15, -0.1) is 0 Å². The number of hydrogen-bond acceptors (Lipinski definition) is 5. The zero-order valence-corrected chi connectivity index (χ0v) is 15.1. The maximum absolute atomic E-state index is 12.1. The molecular weight excluding hydrogens is 340 g/mol. The minimum Gasteiger partial charge on any atom is -0.493 e. The Bertz CT molecular complexity index is 805. The van der Waals surface area contributed by atoms with Gasteiger partial charge in [0.2, 0.25) is 0 Å². The van der Waals surface area contributed by atoms with E-state index in [1.54, 1.807) is 43.5 Å². The topological polar surface area (TPSA) is 77.0 Å². The highest BCUT2D eigenvalue weighted by Crippen LogP contribution is 2.27. The molecule has 6 nitrogen and oxygen atoms in total. The molecule has 134 valence electrons. The van der Waals surface area contributed by atoms with Crippen LogP contribution in [0.3, 0.4) is 0 Å². The molecule has 0 aliphatic heterocycles. The summed E-state index contributed by atoms with van der Waals surface area (Å²) in [6, 6.07) is 13.4. The summed E-state index contributed by atoms with van der Waals surface area (Å²) in [4.78, 5) is 2.34. The van der Waals surface area contributed by atoms with Crippen LogP contribution in [-0.4, -0.2) is 28.3 Å². The lowest BCUT2D eigenvalue weighted by Crippen LogP contribution is -2.18. The fraction of sp³-hybridized carbons (Fsp3) is 0.278. The van der Waals surface area contributed by atoms with Crippen LogP contribution in [-0.2, 0) is 10.0 Å². The van der Waals surface area contributed by atoms with E-state index in [0.29, 0.717) is 23.7 Å². The molecule has 0 radical (unpaired) electrons. The van der Waals surface area contributed by atoms with E-state index in [4.69, 9.17) is 9.47 Å². The van der Waals surface area contributed by atoms with Crippen molar-refractivity contribution in [3.8, 4) is 11.5 Å². The number of unbranched alkanes of at least 4 members (excludes halogenated alkanes) is 1. The number of nitrogens with one attached hydrogen (secondary N) is 1. The highest BCUT2D eigenvalue weighted by atomic mass is 32.2. The molecule has 1 N–H and O–H groups in total. The van der Waals surface area contributed by atoms with Gasteiger partial charge >= 0.3 is 0 Å². The van der Waals surface area contributed by atoms with Crippen molar-refractivity contribution >= 4 is 16.2 Å². The van der Waals surface area contributed by atoms with Crippen LogP contribution in [0.15, 0.2) is 58.5 Å². The molecule has 25 heavy (non-hydrogen) atoms. The van der Waals surface area contributed by atoms with Crippen LogP contribution >= 0.6 is 0 Å². The molecule has 0 saturated carbocycles. The Hall–Kier alpha value is -2.54. The maximum Gasteiger partial charge on any atom is 0.276 e. The van der Waals surface area contributed by atoms with Gasteiger partial charge in [-0.1, -0.05) is 31.5 Å². The Morgan fingerprint density at radius 2 is 1.88 bits per heavy atom. The Labute approximate surface area is 148 Å². The molecule has 0 unspecified atom stereocenters. The minimum absolute atomic E-state index is 0.157. The molecule has 0 aromatic heterocycles. The summed E-state index contributed by atoms with van der Waals surface area (Å²) in [6.45, 7) is 2.72. The Kier molecular flexibility index (Phi) is 6.82. The second-order valence-corrected chi connectivity index (χ2v) is 6.94. The van der Waals surface area contributed by atoms with Crippen LogP contribution in [0.5, 0.6) is 11.5 Å². The number of hydrazone groups is 1. The van der Waals surface area contributed by atoms with Crippen molar-refractivity contribution in [2.45, 2.75) is 24.7 Å². The predicted octanol–water partition coefficient (Wildman–Crippen LogP) is 3.19. The number of rotatable bonds is 9. The summed E-state index contributed by atoms with van der Waals surface area (Å²) in [5, 5.41) is 3.81. The van der Waals surface area contributed by atoms with Crippen molar-refractivity contribution in [2.24, 2.45) is 5.10 Å². The van der Waals surface area contributed by atoms with Gasteiger partial charge in [0, 0.05) is 0 Å². The van der Waals surface area contributed by atoms with Crippen LogP contribution in [0.2, 0.25) is 0 Å². The van der Waals surface area contributed by atoms with E-state index in [9.17, 15) is 8.42 Å². The van der Waals surface area contributed by atoms with Crippen molar-refractivity contribution in [3.63, 3.8) is 0 Å². The molecule has 0 bridgehead atoms. The number of ether oxygens (including phenoxy) is 2. The van der Waals surface area contributed by atoms with Crippen molar-refractivity contribution in [3.05, 3.63) is 54.1 Å². The lowest BCUT2D eigenvalue weighted by atomic mass is 10.2. The molecule has 0 amide bonds.